The van der Waals surface area contributed by atoms with Crippen molar-refractivity contribution in [2.24, 2.45) is 0 Å². The van der Waals surface area contributed by atoms with E-state index in [-0.39, 0.29) is 18.5 Å². The molecular formula is C23H28N6O2. The summed E-state index contributed by atoms with van der Waals surface area (Å²) in [4.78, 5) is 26.5. The molecular weight excluding hydrogens is 392 g/mol. The Morgan fingerprint density at radius 1 is 1.23 bits per heavy atom. The number of benzene rings is 1. The van der Waals surface area contributed by atoms with Crippen LogP contribution in [0.1, 0.15) is 31.0 Å². The van der Waals surface area contributed by atoms with Crippen LogP contribution >= 0.6 is 0 Å². The van der Waals surface area contributed by atoms with E-state index in [4.69, 9.17) is 9.72 Å². The Morgan fingerprint density at radius 3 is 2.71 bits per heavy atom. The second kappa shape index (κ2) is 9.16. The average molecular weight is 421 g/mol. The number of amides is 1. The third kappa shape index (κ3) is 4.52. The van der Waals surface area contributed by atoms with E-state index in [9.17, 15) is 4.79 Å². The van der Waals surface area contributed by atoms with Gasteiger partial charge in [-0.05, 0) is 43.0 Å². The molecule has 3 heterocycles. The summed E-state index contributed by atoms with van der Waals surface area (Å²) in [5.74, 6) is 1.49. The van der Waals surface area contributed by atoms with Gasteiger partial charge in [0, 0.05) is 44.8 Å². The maximum atomic E-state index is 13.2. The number of methoxy groups -OCH3 is 1. The van der Waals surface area contributed by atoms with E-state index in [1.54, 1.807) is 18.0 Å². The molecule has 0 aliphatic carbocycles. The van der Waals surface area contributed by atoms with Crippen LogP contribution in [0.2, 0.25) is 0 Å². The van der Waals surface area contributed by atoms with Gasteiger partial charge in [0.25, 0.3) is 0 Å². The maximum Gasteiger partial charge on any atom is 0.244 e. The highest BCUT2D eigenvalue weighted by molar-refractivity contribution is 5.77. The zero-order valence-electron chi connectivity index (χ0n) is 18.2. The summed E-state index contributed by atoms with van der Waals surface area (Å²) in [6, 6.07) is 9.61. The van der Waals surface area contributed by atoms with Crippen molar-refractivity contribution in [3.63, 3.8) is 0 Å². The van der Waals surface area contributed by atoms with Gasteiger partial charge in [0.1, 0.15) is 12.3 Å². The molecule has 31 heavy (non-hydrogen) atoms. The van der Waals surface area contributed by atoms with Gasteiger partial charge in [0.05, 0.1) is 18.8 Å². The lowest BCUT2D eigenvalue weighted by Crippen LogP contribution is -2.41. The molecule has 2 aromatic heterocycles. The fraction of sp³-hybridized carbons (Fsp3) is 0.391. The minimum absolute atomic E-state index is 0.0547. The van der Waals surface area contributed by atoms with Crippen LogP contribution in [0.3, 0.4) is 0 Å². The number of piperidine rings is 1. The van der Waals surface area contributed by atoms with Crippen LogP contribution < -0.4 is 9.64 Å². The molecule has 0 radical (unpaired) electrons. The zero-order valence-corrected chi connectivity index (χ0v) is 18.2. The van der Waals surface area contributed by atoms with Gasteiger partial charge in [-0.15, -0.1) is 0 Å². The Morgan fingerprint density at radius 2 is 2.03 bits per heavy atom. The standard InChI is InChI=1S/C23H28N6O2/c1-27(2)23-24-15-19(17-8-10-18(31-3)11-9-17)22(26-23)20-7-4-5-14-29(20)21(30)16-28-13-6-12-25-28/h6,8-13,15,20H,4-5,7,14,16H2,1-3H3/t20-/m0/s1. The fourth-order valence-electron chi connectivity index (χ4n) is 3.99. The number of ether oxygens (including phenoxy) is 1. The van der Waals surface area contributed by atoms with Gasteiger partial charge in [0.15, 0.2) is 0 Å². The van der Waals surface area contributed by atoms with Crippen LogP contribution in [0.4, 0.5) is 5.95 Å². The number of likely N-dealkylation sites (tertiary alicyclic amines) is 1. The van der Waals surface area contributed by atoms with E-state index in [0.717, 1.165) is 41.8 Å². The molecule has 1 atom stereocenters. The van der Waals surface area contributed by atoms with Crippen molar-refractivity contribution in [1.29, 1.82) is 0 Å². The second-order valence-electron chi connectivity index (χ2n) is 7.89. The Kier molecular flexibility index (Phi) is 6.16. The summed E-state index contributed by atoms with van der Waals surface area (Å²) in [6.07, 6.45) is 8.29. The maximum absolute atomic E-state index is 13.2. The summed E-state index contributed by atoms with van der Waals surface area (Å²) in [7, 11) is 5.50. The molecule has 1 aliphatic heterocycles. The molecule has 4 rings (SSSR count). The average Bonchev–Trinajstić information content (AvgIpc) is 3.31. The zero-order chi connectivity index (χ0) is 21.8. The molecule has 1 saturated heterocycles. The first-order chi connectivity index (χ1) is 15.1. The molecule has 8 heteroatoms. The fourth-order valence-corrected chi connectivity index (χ4v) is 3.99. The van der Waals surface area contributed by atoms with Crippen molar-refractivity contribution in [3.8, 4) is 16.9 Å². The van der Waals surface area contributed by atoms with Gasteiger partial charge in [0.2, 0.25) is 11.9 Å². The van der Waals surface area contributed by atoms with Gasteiger partial charge in [-0.3, -0.25) is 9.48 Å². The van der Waals surface area contributed by atoms with Crippen molar-refractivity contribution in [1.82, 2.24) is 24.6 Å². The highest BCUT2D eigenvalue weighted by Crippen LogP contribution is 2.37. The second-order valence-corrected chi connectivity index (χ2v) is 7.89. The molecule has 0 N–H and O–H groups in total. The topological polar surface area (TPSA) is 76.4 Å². The van der Waals surface area contributed by atoms with Crippen LogP contribution in [0.5, 0.6) is 5.75 Å². The Bertz CT molecular complexity index is 1020. The molecule has 8 nitrogen and oxygen atoms in total. The van der Waals surface area contributed by atoms with Gasteiger partial charge >= 0.3 is 0 Å². The Hall–Kier alpha value is -3.42. The summed E-state index contributed by atoms with van der Waals surface area (Å²) < 4.78 is 6.97. The number of rotatable bonds is 6. The van der Waals surface area contributed by atoms with Crippen molar-refractivity contribution < 1.29 is 9.53 Å². The van der Waals surface area contributed by atoms with Crippen LogP contribution in [-0.4, -0.2) is 58.3 Å². The molecule has 1 amide bonds. The van der Waals surface area contributed by atoms with E-state index in [0.29, 0.717) is 12.5 Å². The third-order valence-electron chi connectivity index (χ3n) is 5.60. The van der Waals surface area contributed by atoms with Crippen molar-refractivity contribution in [2.45, 2.75) is 31.8 Å². The summed E-state index contributed by atoms with van der Waals surface area (Å²) in [5.41, 5.74) is 2.83. The molecule has 0 saturated carbocycles. The minimum atomic E-state index is -0.101. The van der Waals surface area contributed by atoms with Crippen LogP contribution in [-0.2, 0) is 11.3 Å². The highest BCUT2D eigenvalue weighted by atomic mass is 16.5. The van der Waals surface area contributed by atoms with Crippen LogP contribution in [0.25, 0.3) is 11.1 Å². The number of anilines is 1. The number of carbonyl (C=O) groups is 1. The molecule has 162 valence electrons. The first-order valence-corrected chi connectivity index (χ1v) is 10.5. The first kappa shape index (κ1) is 20.8. The largest absolute Gasteiger partial charge is 0.497 e. The van der Waals surface area contributed by atoms with Gasteiger partial charge in [-0.2, -0.15) is 5.10 Å². The first-order valence-electron chi connectivity index (χ1n) is 10.5. The van der Waals surface area contributed by atoms with E-state index >= 15 is 0 Å². The molecule has 1 aliphatic rings. The SMILES string of the molecule is COc1ccc(-c2cnc(N(C)C)nc2[C@@H]2CCCCN2C(=O)Cn2cccn2)cc1. The van der Waals surface area contributed by atoms with Crippen LogP contribution in [0.15, 0.2) is 48.9 Å². The molecule has 3 aromatic rings. The Labute approximate surface area is 182 Å². The molecule has 0 unspecified atom stereocenters. The molecule has 1 fully saturated rings. The van der Waals surface area contributed by atoms with Crippen molar-refractivity contribution in [3.05, 3.63) is 54.6 Å². The molecule has 1 aromatic carbocycles. The monoisotopic (exact) mass is 420 g/mol. The number of hydrogen-bond acceptors (Lipinski definition) is 6. The number of nitrogens with zero attached hydrogens (tertiary/aromatic N) is 6. The van der Waals surface area contributed by atoms with E-state index in [1.165, 1.54) is 0 Å². The normalized spacial score (nSPS) is 16.2. The van der Waals surface area contributed by atoms with E-state index in [2.05, 4.69) is 10.1 Å². The number of aromatic nitrogens is 4. The molecule has 0 bridgehead atoms. The van der Waals surface area contributed by atoms with Crippen LogP contribution in [0, 0.1) is 0 Å². The number of hydrogen-bond donors (Lipinski definition) is 0. The van der Waals surface area contributed by atoms with Crippen molar-refractivity contribution in [2.75, 3.05) is 32.6 Å². The summed E-state index contributed by atoms with van der Waals surface area (Å²) >= 11 is 0. The molecule has 0 spiro atoms. The predicted molar refractivity (Wildman–Crippen MR) is 119 cm³/mol. The summed E-state index contributed by atoms with van der Waals surface area (Å²) in [6.45, 7) is 0.946. The van der Waals surface area contributed by atoms with E-state index in [1.807, 2.05) is 66.6 Å². The van der Waals surface area contributed by atoms with E-state index < -0.39 is 0 Å². The highest BCUT2D eigenvalue weighted by Gasteiger charge is 2.31. The lowest BCUT2D eigenvalue weighted by atomic mass is 9.93. The lowest BCUT2D eigenvalue weighted by Gasteiger charge is -2.36. The van der Waals surface area contributed by atoms with Gasteiger partial charge < -0.3 is 14.5 Å². The lowest BCUT2D eigenvalue weighted by molar-refractivity contribution is -0.136. The quantitative estimate of drug-likeness (QED) is 0.610. The predicted octanol–water partition coefficient (Wildman–Crippen LogP) is 3.17. The van der Waals surface area contributed by atoms with Gasteiger partial charge in [-0.25, -0.2) is 9.97 Å². The van der Waals surface area contributed by atoms with Crippen molar-refractivity contribution >= 4 is 11.9 Å². The number of carbonyl (C=O) groups excluding carboxylic acids is 1. The Balaban J connectivity index is 1.73. The third-order valence-corrected chi connectivity index (χ3v) is 5.60. The summed E-state index contributed by atoms with van der Waals surface area (Å²) in [5, 5.41) is 4.19. The smallest absolute Gasteiger partial charge is 0.244 e. The minimum Gasteiger partial charge on any atom is -0.497 e. The van der Waals surface area contributed by atoms with Gasteiger partial charge in [-0.1, -0.05) is 12.1 Å².